The van der Waals surface area contributed by atoms with E-state index < -0.39 is 0 Å². The van der Waals surface area contributed by atoms with Crippen LogP contribution in [0.1, 0.15) is 5.56 Å². The van der Waals surface area contributed by atoms with Gasteiger partial charge in [-0.3, -0.25) is 0 Å². The van der Waals surface area contributed by atoms with Crippen LogP contribution in [-0.2, 0) is 6.54 Å². The SMILES string of the molecule is Clc1cc(Cl)cc(Cn2cnnc2-c2ccc3nc[nH]c3c2)c1. The summed E-state index contributed by atoms with van der Waals surface area (Å²) in [6.45, 7) is 0.587. The molecule has 0 radical (unpaired) electrons. The lowest BCUT2D eigenvalue weighted by Crippen LogP contribution is -2.01. The smallest absolute Gasteiger partial charge is 0.164 e. The Morgan fingerprint density at radius 3 is 2.70 bits per heavy atom. The number of H-pyrrole nitrogens is 1. The first-order chi connectivity index (χ1) is 11.2. The van der Waals surface area contributed by atoms with E-state index in [1.807, 2.05) is 34.9 Å². The molecule has 0 amide bonds. The summed E-state index contributed by atoms with van der Waals surface area (Å²) in [6, 6.07) is 11.4. The largest absolute Gasteiger partial charge is 0.345 e. The van der Waals surface area contributed by atoms with Crippen LogP contribution in [0.15, 0.2) is 49.1 Å². The fourth-order valence-corrected chi connectivity index (χ4v) is 3.14. The number of rotatable bonds is 3. The van der Waals surface area contributed by atoms with Crippen molar-refractivity contribution in [2.75, 3.05) is 0 Å². The molecule has 0 unspecified atom stereocenters. The minimum Gasteiger partial charge on any atom is -0.345 e. The zero-order valence-electron chi connectivity index (χ0n) is 11.9. The molecule has 0 fully saturated rings. The van der Waals surface area contributed by atoms with Crippen molar-refractivity contribution in [3.8, 4) is 11.4 Å². The summed E-state index contributed by atoms with van der Waals surface area (Å²) in [7, 11) is 0. The molecule has 1 N–H and O–H groups in total. The van der Waals surface area contributed by atoms with Crippen molar-refractivity contribution >= 4 is 34.2 Å². The average Bonchev–Trinajstić information content (AvgIpc) is 3.13. The first kappa shape index (κ1) is 14.2. The maximum atomic E-state index is 6.06. The molecule has 0 atom stereocenters. The Morgan fingerprint density at radius 2 is 1.87 bits per heavy atom. The Kier molecular flexibility index (Phi) is 3.52. The van der Waals surface area contributed by atoms with Crippen LogP contribution in [0.3, 0.4) is 0 Å². The molecule has 0 aliphatic carbocycles. The lowest BCUT2D eigenvalue weighted by atomic mass is 10.1. The van der Waals surface area contributed by atoms with Crippen LogP contribution in [0.25, 0.3) is 22.4 Å². The third-order valence-electron chi connectivity index (χ3n) is 3.57. The fraction of sp³-hybridized carbons (Fsp3) is 0.0625. The molecule has 2 heterocycles. The third kappa shape index (κ3) is 2.81. The number of nitrogens with one attached hydrogen (secondary N) is 1. The Bertz CT molecular complexity index is 969. The number of aromatic nitrogens is 5. The monoisotopic (exact) mass is 343 g/mol. The normalized spacial score (nSPS) is 11.2. The summed E-state index contributed by atoms with van der Waals surface area (Å²) in [5.41, 5.74) is 3.84. The average molecular weight is 344 g/mol. The van der Waals surface area contributed by atoms with Gasteiger partial charge in [-0.2, -0.15) is 0 Å². The van der Waals surface area contributed by atoms with E-state index in [0.717, 1.165) is 28.0 Å². The van der Waals surface area contributed by atoms with Crippen LogP contribution >= 0.6 is 23.2 Å². The van der Waals surface area contributed by atoms with E-state index in [-0.39, 0.29) is 0 Å². The van der Waals surface area contributed by atoms with E-state index in [2.05, 4.69) is 20.2 Å². The highest BCUT2D eigenvalue weighted by molar-refractivity contribution is 6.34. The number of hydrogen-bond acceptors (Lipinski definition) is 3. The van der Waals surface area contributed by atoms with Gasteiger partial charge >= 0.3 is 0 Å². The van der Waals surface area contributed by atoms with Crippen molar-refractivity contribution in [1.29, 1.82) is 0 Å². The van der Waals surface area contributed by atoms with Gasteiger partial charge in [0.2, 0.25) is 0 Å². The lowest BCUT2D eigenvalue weighted by Gasteiger charge is -2.08. The topological polar surface area (TPSA) is 59.4 Å². The fourth-order valence-electron chi connectivity index (χ4n) is 2.57. The van der Waals surface area contributed by atoms with Gasteiger partial charge in [0.15, 0.2) is 5.82 Å². The predicted octanol–water partition coefficient (Wildman–Crippen LogP) is 4.18. The second kappa shape index (κ2) is 5.68. The van der Waals surface area contributed by atoms with Crippen LogP contribution in [0.2, 0.25) is 10.0 Å². The first-order valence-electron chi connectivity index (χ1n) is 6.95. The molecule has 7 heteroatoms. The molecule has 0 spiro atoms. The zero-order chi connectivity index (χ0) is 15.8. The molecule has 23 heavy (non-hydrogen) atoms. The predicted molar refractivity (Wildman–Crippen MR) is 90.7 cm³/mol. The van der Waals surface area contributed by atoms with Crippen LogP contribution in [0, 0.1) is 0 Å². The molecule has 0 saturated carbocycles. The van der Waals surface area contributed by atoms with Gasteiger partial charge in [0.25, 0.3) is 0 Å². The number of imidazole rings is 1. The van der Waals surface area contributed by atoms with E-state index in [1.54, 1.807) is 18.7 Å². The minimum atomic E-state index is 0.587. The second-order valence-electron chi connectivity index (χ2n) is 5.19. The summed E-state index contributed by atoms with van der Waals surface area (Å²) >= 11 is 12.1. The van der Waals surface area contributed by atoms with Crippen molar-refractivity contribution < 1.29 is 0 Å². The Morgan fingerprint density at radius 1 is 1.04 bits per heavy atom. The van der Waals surface area contributed by atoms with E-state index in [9.17, 15) is 0 Å². The summed E-state index contributed by atoms with van der Waals surface area (Å²) in [6.07, 6.45) is 3.37. The van der Waals surface area contributed by atoms with Gasteiger partial charge in [0, 0.05) is 15.6 Å². The number of fused-ring (bicyclic) bond motifs is 1. The van der Waals surface area contributed by atoms with Crippen LogP contribution < -0.4 is 0 Å². The molecule has 0 aliphatic heterocycles. The summed E-state index contributed by atoms with van der Waals surface area (Å²) < 4.78 is 1.96. The number of hydrogen-bond donors (Lipinski definition) is 1. The number of aromatic amines is 1. The van der Waals surface area contributed by atoms with Gasteiger partial charge in [0.1, 0.15) is 6.33 Å². The maximum absolute atomic E-state index is 6.06. The van der Waals surface area contributed by atoms with Gasteiger partial charge in [-0.25, -0.2) is 4.98 Å². The molecule has 4 aromatic rings. The first-order valence-corrected chi connectivity index (χ1v) is 7.71. The summed E-state index contributed by atoms with van der Waals surface area (Å²) in [5.74, 6) is 0.776. The molecular weight excluding hydrogens is 333 g/mol. The van der Waals surface area contributed by atoms with E-state index in [1.165, 1.54) is 0 Å². The van der Waals surface area contributed by atoms with Crippen LogP contribution in [0.5, 0.6) is 0 Å². The maximum Gasteiger partial charge on any atom is 0.164 e. The Balaban J connectivity index is 1.72. The second-order valence-corrected chi connectivity index (χ2v) is 6.07. The van der Waals surface area contributed by atoms with Crippen LogP contribution in [-0.4, -0.2) is 24.7 Å². The quantitative estimate of drug-likeness (QED) is 0.607. The highest BCUT2D eigenvalue weighted by atomic mass is 35.5. The number of benzene rings is 2. The van der Waals surface area contributed by atoms with Crippen molar-refractivity contribution in [3.05, 3.63) is 64.7 Å². The number of nitrogens with zero attached hydrogens (tertiary/aromatic N) is 4. The molecule has 114 valence electrons. The van der Waals surface area contributed by atoms with Crippen molar-refractivity contribution in [2.45, 2.75) is 6.54 Å². The summed E-state index contributed by atoms with van der Waals surface area (Å²) in [5, 5.41) is 9.48. The van der Waals surface area contributed by atoms with Crippen molar-refractivity contribution in [1.82, 2.24) is 24.7 Å². The van der Waals surface area contributed by atoms with Gasteiger partial charge in [0.05, 0.1) is 23.9 Å². The van der Waals surface area contributed by atoms with Crippen LogP contribution in [0.4, 0.5) is 0 Å². The lowest BCUT2D eigenvalue weighted by molar-refractivity contribution is 0.803. The molecule has 2 aromatic heterocycles. The highest BCUT2D eigenvalue weighted by Crippen LogP contribution is 2.24. The molecule has 5 nitrogen and oxygen atoms in total. The van der Waals surface area contributed by atoms with Gasteiger partial charge in [-0.05, 0) is 42.0 Å². The van der Waals surface area contributed by atoms with Gasteiger partial charge in [-0.1, -0.05) is 23.2 Å². The van der Waals surface area contributed by atoms with E-state index in [0.29, 0.717) is 16.6 Å². The Hall–Kier alpha value is -2.37. The molecule has 0 saturated heterocycles. The van der Waals surface area contributed by atoms with Crippen molar-refractivity contribution in [3.63, 3.8) is 0 Å². The van der Waals surface area contributed by atoms with Gasteiger partial charge in [-0.15, -0.1) is 10.2 Å². The highest BCUT2D eigenvalue weighted by Gasteiger charge is 2.10. The summed E-state index contributed by atoms with van der Waals surface area (Å²) in [4.78, 5) is 7.33. The van der Waals surface area contributed by atoms with Gasteiger partial charge < -0.3 is 9.55 Å². The minimum absolute atomic E-state index is 0.587. The molecule has 0 bridgehead atoms. The molecular formula is C16H11Cl2N5. The number of halogens is 2. The van der Waals surface area contributed by atoms with Crippen molar-refractivity contribution in [2.24, 2.45) is 0 Å². The van der Waals surface area contributed by atoms with E-state index >= 15 is 0 Å². The Labute approximate surface area is 141 Å². The molecule has 4 rings (SSSR count). The molecule has 2 aromatic carbocycles. The third-order valence-corrected chi connectivity index (χ3v) is 4.01. The molecule has 0 aliphatic rings. The van der Waals surface area contributed by atoms with E-state index in [4.69, 9.17) is 23.2 Å². The standard InChI is InChI=1S/C16H11Cl2N5/c17-12-3-10(4-13(18)6-12)7-23-9-21-22-16(23)11-1-2-14-15(5-11)20-8-19-14/h1-6,8-9H,7H2,(H,19,20). The zero-order valence-corrected chi connectivity index (χ0v) is 13.4.